The van der Waals surface area contributed by atoms with E-state index in [0.717, 1.165) is 10.8 Å². The first kappa shape index (κ1) is 17.9. The Morgan fingerprint density at radius 1 is 1.04 bits per heavy atom. The molecule has 2 N–H and O–H groups in total. The smallest absolute Gasteiger partial charge is 0.242 e. The van der Waals surface area contributed by atoms with Gasteiger partial charge in [0.15, 0.2) is 0 Å². The van der Waals surface area contributed by atoms with Crippen molar-refractivity contribution in [1.82, 2.24) is 4.72 Å². The summed E-state index contributed by atoms with van der Waals surface area (Å²) < 4.78 is 27.4. The molecule has 3 aromatic carbocycles. The molecule has 0 heterocycles. The van der Waals surface area contributed by atoms with Crippen molar-refractivity contribution >= 4 is 32.4 Å². The normalized spacial score (nSPS) is 13.1. The van der Waals surface area contributed by atoms with Gasteiger partial charge in [0, 0.05) is 6.54 Å². The summed E-state index contributed by atoms with van der Waals surface area (Å²) in [5, 5.41) is 12.6. The van der Waals surface area contributed by atoms with Gasteiger partial charge in [0.25, 0.3) is 0 Å². The summed E-state index contributed by atoms with van der Waals surface area (Å²) in [6, 6.07) is 18.1. The van der Waals surface area contributed by atoms with E-state index < -0.39 is 16.1 Å². The molecule has 1 atom stereocenters. The zero-order valence-corrected chi connectivity index (χ0v) is 15.2. The number of aryl methyl sites for hydroxylation is 1. The average Bonchev–Trinajstić information content (AvgIpc) is 2.61. The van der Waals surface area contributed by atoms with Gasteiger partial charge >= 0.3 is 0 Å². The fourth-order valence-corrected chi connectivity index (χ4v) is 4.36. The Kier molecular flexibility index (Phi) is 5.11. The lowest BCUT2D eigenvalue weighted by atomic mass is 10.0. The molecule has 0 saturated heterocycles. The fourth-order valence-electron chi connectivity index (χ4n) is 2.75. The van der Waals surface area contributed by atoms with Gasteiger partial charge in [-0.05, 0) is 34.9 Å². The van der Waals surface area contributed by atoms with Crippen LogP contribution in [0.4, 0.5) is 0 Å². The van der Waals surface area contributed by atoms with E-state index in [0.29, 0.717) is 11.1 Å². The van der Waals surface area contributed by atoms with Gasteiger partial charge < -0.3 is 5.11 Å². The standard InChI is InChI=1S/C19H18ClNO3S/c1-13-6-4-11-18(19(13)20)25(23,24)21-12-17(22)16-10-5-8-14-7-2-3-9-15(14)16/h2-11,17,21-22H,12H2,1H3. The van der Waals surface area contributed by atoms with E-state index >= 15 is 0 Å². The Morgan fingerprint density at radius 2 is 1.72 bits per heavy atom. The summed E-state index contributed by atoms with van der Waals surface area (Å²) in [5.41, 5.74) is 1.36. The van der Waals surface area contributed by atoms with E-state index in [1.165, 1.54) is 6.07 Å². The lowest BCUT2D eigenvalue weighted by Crippen LogP contribution is -2.29. The molecular weight excluding hydrogens is 358 g/mol. The van der Waals surface area contributed by atoms with Gasteiger partial charge in [-0.25, -0.2) is 13.1 Å². The van der Waals surface area contributed by atoms with E-state index in [2.05, 4.69) is 4.72 Å². The number of rotatable bonds is 5. The van der Waals surface area contributed by atoms with E-state index in [1.807, 2.05) is 36.4 Å². The third-order valence-electron chi connectivity index (χ3n) is 4.09. The maximum Gasteiger partial charge on any atom is 0.242 e. The Balaban J connectivity index is 1.84. The largest absolute Gasteiger partial charge is 0.387 e. The minimum Gasteiger partial charge on any atom is -0.387 e. The average molecular weight is 376 g/mol. The van der Waals surface area contributed by atoms with Gasteiger partial charge in [0.05, 0.1) is 11.1 Å². The first-order chi connectivity index (χ1) is 11.9. The van der Waals surface area contributed by atoms with Crippen LogP contribution >= 0.6 is 11.6 Å². The third-order valence-corrected chi connectivity index (χ3v) is 6.17. The Morgan fingerprint density at radius 3 is 2.52 bits per heavy atom. The van der Waals surface area contributed by atoms with Crippen LogP contribution in [0.3, 0.4) is 0 Å². The minimum absolute atomic E-state index is 0.0132. The molecule has 0 aliphatic heterocycles. The Bertz CT molecular complexity index is 1010. The Labute approximate surface area is 152 Å². The van der Waals surface area contributed by atoms with Crippen molar-refractivity contribution in [2.24, 2.45) is 0 Å². The number of hydrogen-bond donors (Lipinski definition) is 2. The molecule has 3 rings (SSSR count). The van der Waals surface area contributed by atoms with Crippen molar-refractivity contribution in [3.8, 4) is 0 Å². The van der Waals surface area contributed by atoms with Gasteiger partial charge in [0.2, 0.25) is 10.0 Å². The number of hydrogen-bond acceptors (Lipinski definition) is 3. The van der Waals surface area contributed by atoms with Gasteiger partial charge in [-0.2, -0.15) is 0 Å². The number of aliphatic hydroxyl groups excluding tert-OH is 1. The second kappa shape index (κ2) is 7.14. The van der Waals surface area contributed by atoms with Gasteiger partial charge in [0.1, 0.15) is 4.90 Å². The van der Waals surface area contributed by atoms with Crippen LogP contribution < -0.4 is 4.72 Å². The maximum atomic E-state index is 12.5. The summed E-state index contributed by atoms with van der Waals surface area (Å²) >= 11 is 6.11. The number of aliphatic hydroxyl groups is 1. The molecule has 25 heavy (non-hydrogen) atoms. The van der Waals surface area contributed by atoms with Crippen LogP contribution in [-0.2, 0) is 10.0 Å². The highest BCUT2D eigenvalue weighted by Gasteiger charge is 2.21. The summed E-state index contributed by atoms with van der Waals surface area (Å²) in [4.78, 5) is 0.0132. The lowest BCUT2D eigenvalue weighted by Gasteiger charge is -2.15. The fraction of sp³-hybridized carbons (Fsp3) is 0.158. The number of fused-ring (bicyclic) bond motifs is 1. The van der Waals surface area contributed by atoms with Crippen molar-refractivity contribution in [3.63, 3.8) is 0 Å². The predicted molar refractivity (Wildman–Crippen MR) is 100 cm³/mol. The van der Waals surface area contributed by atoms with Crippen LogP contribution in [0.2, 0.25) is 5.02 Å². The van der Waals surface area contributed by atoms with Crippen LogP contribution in [0, 0.1) is 6.92 Å². The molecule has 3 aromatic rings. The quantitative estimate of drug-likeness (QED) is 0.712. The second-order valence-electron chi connectivity index (χ2n) is 5.82. The first-order valence-electron chi connectivity index (χ1n) is 7.80. The van der Waals surface area contributed by atoms with Crippen LogP contribution in [0.5, 0.6) is 0 Å². The number of benzene rings is 3. The third kappa shape index (κ3) is 3.70. The SMILES string of the molecule is Cc1cccc(S(=O)(=O)NCC(O)c2cccc3ccccc23)c1Cl. The molecule has 0 spiro atoms. The molecular formula is C19H18ClNO3S. The van der Waals surface area contributed by atoms with Crippen molar-refractivity contribution in [2.45, 2.75) is 17.9 Å². The monoisotopic (exact) mass is 375 g/mol. The number of nitrogens with one attached hydrogen (secondary N) is 1. The molecule has 0 fully saturated rings. The van der Waals surface area contributed by atoms with Crippen LogP contribution in [0.25, 0.3) is 10.8 Å². The van der Waals surface area contributed by atoms with E-state index in [1.54, 1.807) is 25.1 Å². The molecule has 0 aliphatic carbocycles. The van der Waals surface area contributed by atoms with Crippen molar-refractivity contribution in [3.05, 3.63) is 76.8 Å². The molecule has 1 unspecified atom stereocenters. The van der Waals surface area contributed by atoms with Crippen molar-refractivity contribution < 1.29 is 13.5 Å². The molecule has 0 radical (unpaired) electrons. The Hall–Kier alpha value is -1.92. The van der Waals surface area contributed by atoms with Gasteiger partial charge in [-0.1, -0.05) is 66.2 Å². The van der Waals surface area contributed by atoms with Gasteiger partial charge in [-0.3, -0.25) is 0 Å². The van der Waals surface area contributed by atoms with Crippen LogP contribution in [-0.4, -0.2) is 20.1 Å². The van der Waals surface area contributed by atoms with E-state index in [4.69, 9.17) is 11.6 Å². The highest BCUT2D eigenvalue weighted by Crippen LogP contribution is 2.26. The second-order valence-corrected chi connectivity index (χ2v) is 7.94. The first-order valence-corrected chi connectivity index (χ1v) is 9.67. The molecule has 0 amide bonds. The van der Waals surface area contributed by atoms with Crippen LogP contribution in [0.1, 0.15) is 17.2 Å². The van der Waals surface area contributed by atoms with Crippen molar-refractivity contribution in [1.29, 1.82) is 0 Å². The summed E-state index contributed by atoms with van der Waals surface area (Å²) in [5.74, 6) is 0. The maximum absolute atomic E-state index is 12.5. The highest BCUT2D eigenvalue weighted by atomic mass is 35.5. The highest BCUT2D eigenvalue weighted by molar-refractivity contribution is 7.89. The summed E-state index contributed by atoms with van der Waals surface area (Å²) in [6.45, 7) is 1.60. The molecule has 6 heteroatoms. The minimum atomic E-state index is -3.81. The summed E-state index contributed by atoms with van der Waals surface area (Å²) in [6.07, 6.45) is -0.968. The predicted octanol–water partition coefficient (Wildman–Crippen LogP) is 3.81. The number of halogens is 1. The van der Waals surface area contributed by atoms with Crippen molar-refractivity contribution in [2.75, 3.05) is 6.54 Å². The zero-order chi connectivity index (χ0) is 18.0. The molecule has 0 aromatic heterocycles. The zero-order valence-electron chi connectivity index (χ0n) is 13.6. The molecule has 0 aliphatic rings. The number of sulfonamides is 1. The topological polar surface area (TPSA) is 66.4 Å². The van der Waals surface area contributed by atoms with Crippen LogP contribution in [0.15, 0.2) is 65.6 Å². The van der Waals surface area contributed by atoms with E-state index in [9.17, 15) is 13.5 Å². The summed E-state index contributed by atoms with van der Waals surface area (Å²) in [7, 11) is -3.81. The van der Waals surface area contributed by atoms with Gasteiger partial charge in [-0.15, -0.1) is 0 Å². The lowest BCUT2D eigenvalue weighted by molar-refractivity contribution is 0.183. The molecule has 0 saturated carbocycles. The molecule has 0 bridgehead atoms. The molecule has 130 valence electrons. The molecule has 4 nitrogen and oxygen atoms in total. The van der Waals surface area contributed by atoms with E-state index in [-0.39, 0.29) is 16.5 Å².